The van der Waals surface area contributed by atoms with Crippen LogP contribution in [0.3, 0.4) is 0 Å². The number of allylic oxidation sites excluding steroid dienone is 1. The summed E-state index contributed by atoms with van der Waals surface area (Å²) in [5, 5.41) is 3.22. The highest BCUT2D eigenvalue weighted by Crippen LogP contribution is 2.40. The molecule has 0 bridgehead atoms. The van der Waals surface area contributed by atoms with Gasteiger partial charge in [-0.05, 0) is 60.6 Å². The zero-order valence-electron chi connectivity index (χ0n) is 18.8. The van der Waals surface area contributed by atoms with Crippen LogP contribution < -0.4 is 10.1 Å². The maximum absolute atomic E-state index is 13.2. The molecular formula is C26H28N4O2. The lowest BCUT2D eigenvalue weighted by Crippen LogP contribution is -2.37. The molecule has 1 aliphatic rings. The van der Waals surface area contributed by atoms with Crippen LogP contribution in [-0.4, -0.2) is 28.0 Å². The van der Waals surface area contributed by atoms with Gasteiger partial charge in [-0.15, -0.1) is 6.58 Å². The minimum absolute atomic E-state index is 0.00270. The first-order chi connectivity index (χ1) is 15.4. The SMILES string of the molecule is C=CCc1cc(C(=O)N[C@H]2CC(C)(C)Cc3nc(-c4ccncc4)ncc32)ccc1OC. The number of pyridine rings is 1. The number of ether oxygens (including phenoxy) is 1. The van der Waals surface area contributed by atoms with Crippen LogP contribution in [0.4, 0.5) is 0 Å². The molecule has 2 aromatic heterocycles. The molecule has 32 heavy (non-hydrogen) atoms. The minimum Gasteiger partial charge on any atom is -0.496 e. The first-order valence-corrected chi connectivity index (χ1v) is 10.7. The van der Waals surface area contributed by atoms with Crippen molar-refractivity contribution < 1.29 is 9.53 Å². The molecule has 0 saturated carbocycles. The smallest absolute Gasteiger partial charge is 0.251 e. The number of hydrogen-bond acceptors (Lipinski definition) is 5. The average Bonchev–Trinajstić information content (AvgIpc) is 2.78. The molecule has 164 valence electrons. The molecule has 0 saturated heterocycles. The highest BCUT2D eigenvalue weighted by atomic mass is 16.5. The van der Waals surface area contributed by atoms with Crippen molar-refractivity contribution in [3.05, 3.63) is 84.0 Å². The van der Waals surface area contributed by atoms with Gasteiger partial charge in [-0.3, -0.25) is 9.78 Å². The zero-order chi connectivity index (χ0) is 22.7. The van der Waals surface area contributed by atoms with Gasteiger partial charge in [0.05, 0.1) is 18.8 Å². The Morgan fingerprint density at radius 1 is 1.28 bits per heavy atom. The van der Waals surface area contributed by atoms with Crippen molar-refractivity contribution in [1.29, 1.82) is 0 Å². The molecule has 4 rings (SSSR count). The molecule has 6 nitrogen and oxygen atoms in total. The molecule has 0 spiro atoms. The monoisotopic (exact) mass is 428 g/mol. The van der Waals surface area contributed by atoms with Crippen LogP contribution in [0, 0.1) is 5.41 Å². The van der Waals surface area contributed by atoms with E-state index in [0.29, 0.717) is 17.8 Å². The van der Waals surface area contributed by atoms with Crippen LogP contribution >= 0.6 is 0 Å². The van der Waals surface area contributed by atoms with Crippen molar-refractivity contribution in [2.45, 2.75) is 39.2 Å². The third-order valence-corrected chi connectivity index (χ3v) is 5.83. The fourth-order valence-corrected chi connectivity index (χ4v) is 4.29. The number of benzene rings is 1. The van der Waals surface area contributed by atoms with Gasteiger partial charge < -0.3 is 10.1 Å². The van der Waals surface area contributed by atoms with E-state index in [4.69, 9.17) is 9.72 Å². The predicted octanol–water partition coefficient (Wildman–Crippen LogP) is 4.72. The van der Waals surface area contributed by atoms with Gasteiger partial charge in [0.1, 0.15) is 5.75 Å². The molecule has 6 heteroatoms. The van der Waals surface area contributed by atoms with Crippen molar-refractivity contribution in [3.63, 3.8) is 0 Å². The van der Waals surface area contributed by atoms with Gasteiger partial charge >= 0.3 is 0 Å². The standard InChI is InChI=1S/C26H28N4O2/c1-5-6-18-13-19(7-8-23(18)32-4)25(31)30-22-15-26(2,3)14-21-20(22)16-28-24(29-21)17-9-11-27-12-10-17/h5,7-13,16,22H,1,6,14-15H2,2-4H3,(H,30,31)/t22-/m0/s1. The van der Waals surface area contributed by atoms with Gasteiger partial charge in [0.15, 0.2) is 5.82 Å². The van der Waals surface area contributed by atoms with Gasteiger partial charge in [-0.2, -0.15) is 0 Å². The quantitative estimate of drug-likeness (QED) is 0.575. The number of amides is 1. The zero-order valence-corrected chi connectivity index (χ0v) is 18.8. The number of aromatic nitrogens is 3. The first-order valence-electron chi connectivity index (χ1n) is 10.7. The van der Waals surface area contributed by atoms with Crippen molar-refractivity contribution >= 4 is 5.91 Å². The van der Waals surface area contributed by atoms with E-state index in [-0.39, 0.29) is 17.4 Å². The molecule has 0 fully saturated rings. The van der Waals surface area contributed by atoms with E-state index in [2.05, 4.69) is 35.7 Å². The number of carbonyl (C=O) groups is 1. The van der Waals surface area contributed by atoms with Crippen molar-refractivity contribution in [2.75, 3.05) is 7.11 Å². The van der Waals surface area contributed by atoms with E-state index in [9.17, 15) is 4.79 Å². The minimum atomic E-state index is -0.155. The number of nitrogens with one attached hydrogen (secondary N) is 1. The van der Waals surface area contributed by atoms with Crippen molar-refractivity contribution in [3.8, 4) is 17.1 Å². The summed E-state index contributed by atoms with van der Waals surface area (Å²) in [6, 6.07) is 9.14. The lowest BCUT2D eigenvalue weighted by molar-refractivity contribution is 0.0919. The maximum Gasteiger partial charge on any atom is 0.251 e. The Morgan fingerprint density at radius 2 is 2.06 bits per heavy atom. The molecule has 1 aliphatic carbocycles. The normalized spacial score (nSPS) is 16.7. The Bertz CT molecular complexity index is 1140. The second-order valence-corrected chi connectivity index (χ2v) is 8.92. The van der Waals surface area contributed by atoms with Crippen LogP contribution in [0.1, 0.15) is 53.5 Å². The van der Waals surface area contributed by atoms with E-state index < -0.39 is 0 Å². The molecule has 0 aliphatic heterocycles. The molecule has 2 heterocycles. The topological polar surface area (TPSA) is 77.0 Å². The second kappa shape index (κ2) is 8.91. The highest BCUT2D eigenvalue weighted by molar-refractivity contribution is 5.95. The summed E-state index contributed by atoms with van der Waals surface area (Å²) in [4.78, 5) is 26.7. The Morgan fingerprint density at radius 3 is 2.78 bits per heavy atom. The van der Waals surface area contributed by atoms with E-state index in [1.165, 1.54) is 0 Å². The van der Waals surface area contributed by atoms with Crippen LogP contribution in [-0.2, 0) is 12.8 Å². The van der Waals surface area contributed by atoms with E-state index >= 15 is 0 Å². The fourth-order valence-electron chi connectivity index (χ4n) is 4.29. The van der Waals surface area contributed by atoms with Crippen LogP contribution in [0.15, 0.2) is 61.6 Å². The van der Waals surface area contributed by atoms with Gasteiger partial charge in [-0.1, -0.05) is 19.9 Å². The Hall–Kier alpha value is -3.54. The summed E-state index contributed by atoms with van der Waals surface area (Å²) in [6.45, 7) is 8.21. The highest BCUT2D eigenvalue weighted by Gasteiger charge is 2.34. The van der Waals surface area contributed by atoms with Crippen molar-refractivity contribution in [1.82, 2.24) is 20.3 Å². The van der Waals surface area contributed by atoms with E-state index in [1.807, 2.05) is 30.5 Å². The molecule has 1 aromatic carbocycles. The summed E-state index contributed by atoms with van der Waals surface area (Å²) in [6.07, 6.45) is 9.42. The number of methoxy groups -OCH3 is 1. The van der Waals surface area contributed by atoms with Gasteiger partial charge in [-0.25, -0.2) is 9.97 Å². The largest absolute Gasteiger partial charge is 0.496 e. The summed E-state index contributed by atoms with van der Waals surface area (Å²) < 4.78 is 5.40. The van der Waals surface area contributed by atoms with Crippen LogP contribution in [0.25, 0.3) is 11.4 Å². The molecule has 1 N–H and O–H groups in total. The van der Waals surface area contributed by atoms with Crippen LogP contribution in [0.5, 0.6) is 5.75 Å². The predicted molar refractivity (Wildman–Crippen MR) is 124 cm³/mol. The molecule has 3 aromatic rings. The lowest BCUT2D eigenvalue weighted by atomic mass is 9.74. The maximum atomic E-state index is 13.2. The lowest BCUT2D eigenvalue weighted by Gasteiger charge is -2.36. The average molecular weight is 429 g/mol. The van der Waals surface area contributed by atoms with Crippen LogP contribution in [0.2, 0.25) is 0 Å². The summed E-state index contributed by atoms with van der Waals surface area (Å²) in [5.41, 5.74) is 4.43. The third kappa shape index (κ3) is 4.54. The number of rotatable bonds is 6. The first kappa shape index (κ1) is 21.7. The number of carbonyl (C=O) groups excluding carboxylic acids is 1. The van der Waals surface area contributed by atoms with Gasteiger partial charge in [0.2, 0.25) is 0 Å². The Balaban J connectivity index is 1.63. The third-order valence-electron chi connectivity index (χ3n) is 5.83. The van der Waals surface area contributed by atoms with E-state index in [0.717, 1.165) is 41.0 Å². The molecule has 1 atom stereocenters. The summed E-state index contributed by atoms with van der Waals surface area (Å²) >= 11 is 0. The molecule has 0 radical (unpaired) electrons. The molecule has 0 unspecified atom stereocenters. The van der Waals surface area contributed by atoms with Gasteiger partial charge in [0, 0.05) is 35.3 Å². The molecule has 1 amide bonds. The Kier molecular flexibility index (Phi) is 6.04. The second-order valence-electron chi connectivity index (χ2n) is 8.92. The fraction of sp³-hybridized carbons (Fsp3) is 0.308. The van der Waals surface area contributed by atoms with Gasteiger partial charge in [0.25, 0.3) is 5.91 Å². The van der Waals surface area contributed by atoms with E-state index in [1.54, 1.807) is 31.6 Å². The summed E-state index contributed by atoms with van der Waals surface area (Å²) in [5.74, 6) is 1.31. The summed E-state index contributed by atoms with van der Waals surface area (Å²) in [7, 11) is 1.63. The number of nitrogens with zero attached hydrogens (tertiary/aromatic N) is 3. The number of fused-ring (bicyclic) bond motifs is 1. The Labute approximate surface area is 188 Å². The number of hydrogen-bond donors (Lipinski definition) is 1. The molecular weight excluding hydrogens is 400 g/mol. The van der Waals surface area contributed by atoms with Crippen molar-refractivity contribution in [2.24, 2.45) is 5.41 Å².